The van der Waals surface area contributed by atoms with E-state index in [1.54, 1.807) is 7.11 Å². The van der Waals surface area contributed by atoms with Crippen LogP contribution in [0.1, 0.15) is 23.9 Å². The molecule has 0 spiro atoms. The van der Waals surface area contributed by atoms with E-state index in [-0.39, 0.29) is 5.69 Å². The third-order valence-corrected chi connectivity index (χ3v) is 4.00. The number of carbonyl (C=O) groups excluding carboxylic acids is 2. The molecule has 0 atom stereocenters. The number of hydrogen-bond donors (Lipinski definition) is 3. The Bertz CT molecular complexity index is 835. The second-order valence-electron chi connectivity index (χ2n) is 6.05. The summed E-state index contributed by atoms with van der Waals surface area (Å²) in [7, 11) is 1.63. The number of hydrogen-bond acceptors (Lipinski definition) is 4. The van der Waals surface area contributed by atoms with E-state index in [1.165, 1.54) is 25.1 Å². The molecule has 0 fully saturated rings. The Hall–Kier alpha value is -2.94. The Morgan fingerprint density at radius 1 is 1.26 bits per heavy atom. The Balaban J connectivity index is 1.99. The van der Waals surface area contributed by atoms with Gasteiger partial charge in [0, 0.05) is 37.5 Å². The van der Waals surface area contributed by atoms with Gasteiger partial charge in [0.1, 0.15) is 5.82 Å². The molecule has 0 unspecified atom stereocenters. The van der Waals surface area contributed by atoms with Crippen molar-refractivity contribution in [1.82, 2.24) is 15.1 Å². The summed E-state index contributed by atoms with van der Waals surface area (Å²) >= 11 is 0. The zero-order valence-corrected chi connectivity index (χ0v) is 15.9. The van der Waals surface area contributed by atoms with Crippen LogP contribution in [-0.2, 0) is 22.6 Å². The Morgan fingerprint density at radius 2 is 2.00 bits per heavy atom. The van der Waals surface area contributed by atoms with Gasteiger partial charge < -0.3 is 20.7 Å². The standard InChI is InChI=1S/C18H24FN5O3/c1-11-15(12(2)24(23-11)7-8-27-4)10-20-18(26)22-14-5-6-16(19)17(9-14)21-13(3)25/h5-6,9H,7-8,10H2,1-4H3,(H,21,25)(H2,20,22,26). The maximum Gasteiger partial charge on any atom is 0.319 e. The fourth-order valence-corrected chi connectivity index (χ4v) is 2.62. The largest absolute Gasteiger partial charge is 0.383 e. The van der Waals surface area contributed by atoms with Crippen molar-refractivity contribution in [2.75, 3.05) is 24.4 Å². The molecule has 2 rings (SSSR count). The first-order valence-corrected chi connectivity index (χ1v) is 8.45. The van der Waals surface area contributed by atoms with Crippen molar-refractivity contribution < 1.29 is 18.7 Å². The predicted octanol–water partition coefficient (Wildman–Crippen LogP) is 2.57. The molecule has 0 saturated heterocycles. The number of aromatic nitrogens is 2. The van der Waals surface area contributed by atoms with Crippen molar-refractivity contribution >= 4 is 23.3 Å². The van der Waals surface area contributed by atoms with Crippen molar-refractivity contribution in [2.45, 2.75) is 33.9 Å². The van der Waals surface area contributed by atoms with E-state index in [4.69, 9.17) is 4.74 Å². The molecule has 1 aromatic heterocycles. The van der Waals surface area contributed by atoms with Gasteiger partial charge in [-0.25, -0.2) is 9.18 Å². The molecule has 3 amide bonds. The molecule has 0 bridgehead atoms. The van der Waals surface area contributed by atoms with Gasteiger partial charge in [-0.3, -0.25) is 9.48 Å². The van der Waals surface area contributed by atoms with Gasteiger partial charge in [-0.15, -0.1) is 0 Å². The minimum absolute atomic E-state index is 0.00593. The smallest absolute Gasteiger partial charge is 0.319 e. The molecule has 0 radical (unpaired) electrons. The number of anilines is 2. The normalized spacial score (nSPS) is 10.6. The minimum atomic E-state index is -0.578. The molecule has 0 aliphatic carbocycles. The summed E-state index contributed by atoms with van der Waals surface area (Å²) in [5.41, 5.74) is 3.09. The number of nitrogens with zero attached hydrogens (tertiary/aromatic N) is 2. The molecular formula is C18H24FN5O3. The van der Waals surface area contributed by atoms with Crippen molar-refractivity contribution in [2.24, 2.45) is 0 Å². The van der Waals surface area contributed by atoms with Crippen LogP contribution in [0.3, 0.4) is 0 Å². The fourth-order valence-electron chi connectivity index (χ4n) is 2.62. The number of aryl methyl sites for hydroxylation is 1. The highest BCUT2D eigenvalue weighted by atomic mass is 19.1. The van der Waals surface area contributed by atoms with E-state index >= 15 is 0 Å². The summed E-state index contributed by atoms with van der Waals surface area (Å²) in [6.45, 7) is 6.59. The Kier molecular flexibility index (Phi) is 6.89. The fraction of sp³-hybridized carbons (Fsp3) is 0.389. The van der Waals surface area contributed by atoms with Crippen molar-refractivity contribution in [3.05, 3.63) is 41.0 Å². The van der Waals surface area contributed by atoms with Gasteiger partial charge in [-0.2, -0.15) is 5.10 Å². The molecule has 27 heavy (non-hydrogen) atoms. The van der Waals surface area contributed by atoms with Crippen LogP contribution >= 0.6 is 0 Å². The lowest BCUT2D eigenvalue weighted by Crippen LogP contribution is -2.28. The van der Waals surface area contributed by atoms with Gasteiger partial charge in [0.05, 0.1) is 24.5 Å². The van der Waals surface area contributed by atoms with Gasteiger partial charge in [-0.05, 0) is 32.0 Å². The Labute approximate surface area is 157 Å². The highest BCUT2D eigenvalue weighted by Gasteiger charge is 2.13. The topological polar surface area (TPSA) is 97.3 Å². The molecule has 0 aliphatic rings. The van der Waals surface area contributed by atoms with Crippen LogP contribution in [0, 0.1) is 19.7 Å². The number of carbonyl (C=O) groups is 2. The van der Waals surface area contributed by atoms with Crippen LogP contribution < -0.4 is 16.0 Å². The number of amides is 3. The lowest BCUT2D eigenvalue weighted by molar-refractivity contribution is -0.114. The molecule has 3 N–H and O–H groups in total. The van der Waals surface area contributed by atoms with Crippen molar-refractivity contribution in [1.29, 1.82) is 0 Å². The number of urea groups is 1. The highest BCUT2D eigenvalue weighted by molar-refractivity contribution is 5.92. The van der Waals surface area contributed by atoms with E-state index < -0.39 is 17.8 Å². The highest BCUT2D eigenvalue weighted by Crippen LogP contribution is 2.19. The van der Waals surface area contributed by atoms with Gasteiger partial charge >= 0.3 is 6.03 Å². The van der Waals surface area contributed by atoms with Gasteiger partial charge in [-0.1, -0.05) is 0 Å². The summed E-state index contributed by atoms with van der Waals surface area (Å²) in [6.07, 6.45) is 0. The SMILES string of the molecule is COCCn1nc(C)c(CNC(=O)Nc2ccc(F)c(NC(C)=O)c2)c1C. The molecule has 0 saturated carbocycles. The summed E-state index contributed by atoms with van der Waals surface area (Å²) in [5, 5.41) is 12.2. The van der Waals surface area contributed by atoms with Gasteiger partial charge in [0.2, 0.25) is 5.91 Å². The second-order valence-corrected chi connectivity index (χ2v) is 6.05. The molecule has 0 aliphatic heterocycles. The first-order chi connectivity index (χ1) is 12.8. The first-order valence-electron chi connectivity index (χ1n) is 8.45. The third kappa shape index (κ3) is 5.52. The minimum Gasteiger partial charge on any atom is -0.383 e. The summed E-state index contributed by atoms with van der Waals surface area (Å²) in [6, 6.07) is 3.50. The maximum atomic E-state index is 13.7. The average Bonchev–Trinajstić information content (AvgIpc) is 2.87. The van der Waals surface area contributed by atoms with Crippen molar-refractivity contribution in [3.8, 4) is 0 Å². The van der Waals surface area contributed by atoms with Gasteiger partial charge in [0.15, 0.2) is 0 Å². The number of ether oxygens (including phenoxy) is 1. The summed E-state index contributed by atoms with van der Waals surface area (Å²) < 4.78 is 20.6. The zero-order valence-electron chi connectivity index (χ0n) is 15.9. The zero-order chi connectivity index (χ0) is 20.0. The number of methoxy groups -OCH3 is 1. The van der Waals surface area contributed by atoms with E-state index in [0.29, 0.717) is 25.4 Å². The summed E-state index contributed by atoms with van der Waals surface area (Å²) in [4.78, 5) is 23.3. The molecular weight excluding hydrogens is 353 g/mol. The molecule has 9 heteroatoms. The number of nitrogens with one attached hydrogen (secondary N) is 3. The van der Waals surface area contributed by atoms with E-state index in [0.717, 1.165) is 17.0 Å². The van der Waals surface area contributed by atoms with Crippen LogP contribution in [0.15, 0.2) is 18.2 Å². The second kappa shape index (κ2) is 9.13. The van der Waals surface area contributed by atoms with Crippen LogP contribution in [0.4, 0.5) is 20.6 Å². The Morgan fingerprint density at radius 3 is 2.67 bits per heavy atom. The lowest BCUT2D eigenvalue weighted by atomic mass is 10.2. The van der Waals surface area contributed by atoms with E-state index in [1.807, 2.05) is 18.5 Å². The van der Waals surface area contributed by atoms with Gasteiger partial charge in [0.25, 0.3) is 0 Å². The first kappa shape index (κ1) is 20.4. The molecule has 1 heterocycles. The van der Waals surface area contributed by atoms with Crippen LogP contribution in [0.25, 0.3) is 0 Å². The summed E-state index contributed by atoms with van der Waals surface area (Å²) in [5.74, 6) is -0.974. The molecule has 1 aromatic carbocycles. The number of benzene rings is 1. The maximum absolute atomic E-state index is 13.7. The third-order valence-electron chi connectivity index (χ3n) is 4.00. The van der Waals surface area contributed by atoms with E-state index in [2.05, 4.69) is 21.0 Å². The van der Waals surface area contributed by atoms with Crippen LogP contribution in [0.5, 0.6) is 0 Å². The molecule has 8 nitrogen and oxygen atoms in total. The molecule has 146 valence electrons. The quantitative estimate of drug-likeness (QED) is 0.691. The predicted molar refractivity (Wildman–Crippen MR) is 100 cm³/mol. The monoisotopic (exact) mass is 377 g/mol. The number of halogens is 1. The van der Waals surface area contributed by atoms with Crippen LogP contribution in [-0.4, -0.2) is 35.4 Å². The van der Waals surface area contributed by atoms with Crippen molar-refractivity contribution in [3.63, 3.8) is 0 Å². The average molecular weight is 377 g/mol. The lowest BCUT2D eigenvalue weighted by Gasteiger charge is -2.10. The number of rotatable bonds is 7. The molecule has 2 aromatic rings. The van der Waals surface area contributed by atoms with E-state index in [9.17, 15) is 14.0 Å². The van der Waals surface area contributed by atoms with Crippen LogP contribution in [0.2, 0.25) is 0 Å².